The number of thioether (sulfide) groups is 1. The monoisotopic (exact) mass is 200 g/mol. The molecular formula is C10H20N2S. The van der Waals surface area contributed by atoms with Crippen molar-refractivity contribution in [1.29, 1.82) is 0 Å². The van der Waals surface area contributed by atoms with Crippen molar-refractivity contribution in [3.05, 3.63) is 0 Å². The molecule has 0 aromatic carbocycles. The Labute approximate surface area is 85.4 Å². The Morgan fingerprint density at radius 3 is 2.77 bits per heavy atom. The average Bonchev–Trinajstić information content (AvgIpc) is 2.02. The van der Waals surface area contributed by atoms with Crippen molar-refractivity contribution < 1.29 is 0 Å². The molecule has 2 aliphatic rings. The topological polar surface area (TPSA) is 15.3 Å². The van der Waals surface area contributed by atoms with Gasteiger partial charge in [-0.3, -0.25) is 0 Å². The highest BCUT2D eigenvalue weighted by molar-refractivity contribution is 8.00. The minimum absolute atomic E-state index is 0.768. The Hall–Kier alpha value is 0.270. The summed E-state index contributed by atoms with van der Waals surface area (Å²) in [7, 11) is 2.28. The van der Waals surface area contributed by atoms with E-state index in [-0.39, 0.29) is 0 Å². The van der Waals surface area contributed by atoms with Gasteiger partial charge in [-0.1, -0.05) is 6.42 Å². The molecule has 13 heavy (non-hydrogen) atoms. The molecular weight excluding hydrogens is 180 g/mol. The van der Waals surface area contributed by atoms with Crippen molar-refractivity contribution in [3.63, 3.8) is 0 Å². The predicted octanol–water partition coefficient (Wildman–Crippen LogP) is 1.18. The molecule has 1 N–H and O–H groups in total. The second-order valence-corrected chi connectivity index (χ2v) is 5.35. The van der Waals surface area contributed by atoms with Crippen LogP contribution in [0.15, 0.2) is 0 Å². The molecule has 2 rings (SSSR count). The van der Waals surface area contributed by atoms with Gasteiger partial charge in [-0.25, -0.2) is 0 Å². The third-order valence-corrected chi connectivity index (χ3v) is 4.41. The third kappa shape index (κ3) is 2.61. The second-order valence-electron chi connectivity index (χ2n) is 4.28. The number of nitrogens with zero attached hydrogens (tertiary/aromatic N) is 1. The molecule has 0 spiro atoms. The zero-order valence-electron chi connectivity index (χ0n) is 8.46. The molecule has 1 atom stereocenters. The minimum atomic E-state index is 0.768. The van der Waals surface area contributed by atoms with Gasteiger partial charge in [-0.05, 0) is 26.4 Å². The predicted molar refractivity (Wildman–Crippen MR) is 59.4 cm³/mol. The normalized spacial score (nSPS) is 30.5. The molecule has 0 aromatic rings. The molecule has 0 radical (unpaired) electrons. The summed E-state index contributed by atoms with van der Waals surface area (Å²) in [5.74, 6) is 2.70. The highest BCUT2D eigenvalue weighted by Gasteiger charge is 2.24. The van der Waals surface area contributed by atoms with E-state index in [0.717, 1.165) is 12.1 Å². The van der Waals surface area contributed by atoms with Crippen molar-refractivity contribution in [2.45, 2.75) is 31.3 Å². The SMILES string of the molecule is CN(CC1CCCCN1)C1CSC1. The number of rotatable bonds is 3. The van der Waals surface area contributed by atoms with Crippen LogP contribution in [0.4, 0.5) is 0 Å². The molecule has 2 saturated heterocycles. The lowest BCUT2D eigenvalue weighted by molar-refractivity contribution is 0.223. The molecule has 2 fully saturated rings. The smallest absolute Gasteiger partial charge is 0.0274 e. The summed E-state index contributed by atoms with van der Waals surface area (Å²) in [6, 6.07) is 1.64. The van der Waals surface area contributed by atoms with E-state index in [1.165, 1.54) is 43.9 Å². The van der Waals surface area contributed by atoms with Gasteiger partial charge >= 0.3 is 0 Å². The summed E-state index contributed by atoms with van der Waals surface area (Å²) in [6.07, 6.45) is 4.18. The highest BCUT2D eigenvalue weighted by atomic mass is 32.2. The lowest BCUT2D eigenvalue weighted by Gasteiger charge is -2.37. The first-order valence-electron chi connectivity index (χ1n) is 5.37. The van der Waals surface area contributed by atoms with Gasteiger partial charge in [0, 0.05) is 30.1 Å². The van der Waals surface area contributed by atoms with Gasteiger partial charge in [0.2, 0.25) is 0 Å². The standard InChI is InChI=1S/C10H20N2S/c1-12(10-7-13-8-10)6-9-4-2-3-5-11-9/h9-11H,2-8H2,1H3. The Bertz CT molecular complexity index is 153. The molecule has 0 saturated carbocycles. The van der Waals surface area contributed by atoms with Gasteiger partial charge < -0.3 is 10.2 Å². The van der Waals surface area contributed by atoms with Crippen molar-refractivity contribution in [1.82, 2.24) is 10.2 Å². The fourth-order valence-electron chi connectivity index (χ4n) is 2.05. The molecule has 2 heterocycles. The van der Waals surface area contributed by atoms with Crippen LogP contribution in [0.5, 0.6) is 0 Å². The summed E-state index contributed by atoms with van der Waals surface area (Å²) >= 11 is 2.07. The molecule has 2 aliphatic heterocycles. The van der Waals surface area contributed by atoms with Crippen molar-refractivity contribution in [2.24, 2.45) is 0 Å². The summed E-state index contributed by atoms with van der Waals surface area (Å²) in [5, 5.41) is 3.60. The van der Waals surface area contributed by atoms with Crippen molar-refractivity contribution >= 4 is 11.8 Å². The van der Waals surface area contributed by atoms with E-state index in [1.807, 2.05) is 0 Å². The number of hydrogen-bond acceptors (Lipinski definition) is 3. The number of likely N-dealkylation sites (N-methyl/N-ethyl adjacent to an activating group) is 1. The number of nitrogens with one attached hydrogen (secondary N) is 1. The maximum atomic E-state index is 3.60. The molecule has 0 aliphatic carbocycles. The van der Waals surface area contributed by atoms with Crippen LogP contribution in [0, 0.1) is 0 Å². The first kappa shape index (κ1) is 9.81. The first-order chi connectivity index (χ1) is 6.36. The lowest BCUT2D eigenvalue weighted by Crippen LogP contribution is -2.49. The average molecular weight is 200 g/mol. The van der Waals surface area contributed by atoms with E-state index >= 15 is 0 Å². The Morgan fingerprint density at radius 1 is 1.38 bits per heavy atom. The lowest BCUT2D eigenvalue weighted by atomic mass is 10.0. The van der Waals surface area contributed by atoms with Gasteiger partial charge in [0.25, 0.3) is 0 Å². The fraction of sp³-hybridized carbons (Fsp3) is 1.00. The summed E-state index contributed by atoms with van der Waals surface area (Å²) in [6.45, 7) is 2.49. The number of piperidine rings is 1. The molecule has 76 valence electrons. The Kier molecular flexibility index (Phi) is 3.52. The van der Waals surface area contributed by atoms with Crippen LogP contribution in [0.2, 0.25) is 0 Å². The van der Waals surface area contributed by atoms with Crippen LogP contribution in [0.3, 0.4) is 0 Å². The molecule has 3 heteroatoms. The van der Waals surface area contributed by atoms with E-state index in [2.05, 4.69) is 29.0 Å². The van der Waals surface area contributed by atoms with Gasteiger partial charge in [0.05, 0.1) is 0 Å². The second kappa shape index (κ2) is 4.67. The Balaban J connectivity index is 1.69. The third-order valence-electron chi connectivity index (χ3n) is 3.16. The summed E-state index contributed by atoms with van der Waals surface area (Å²) in [4.78, 5) is 2.54. The first-order valence-corrected chi connectivity index (χ1v) is 6.53. The molecule has 0 aromatic heterocycles. The van der Waals surface area contributed by atoms with Gasteiger partial charge in [-0.15, -0.1) is 0 Å². The van der Waals surface area contributed by atoms with Crippen LogP contribution in [0.1, 0.15) is 19.3 Å². The zero-order chi connectivity index (χ0) is 9.10. The number of hydrogen-bond donors (Lipinski definition) is 1. The minimum Gasteiger partial charge on any atom is -0.313 e. The highest BCUT2D eigenvalue weighted by Crippen LogP contribution is 2.22. The van der Waals surface area contributed by atoms with E-state index in [9.17, 15) is 0 Å². The maximum absolute atomic E-state index is 3.60. The van der Waals surface area contributed by atoms with Crippen LogP contribution in [0.25, 0.3) is 0 Å². The summed E-state index contributed by atoms with van der Waals surface area (Å²) in [5.41, 5.74) is 0. The van der Waals surface area contributed by atoms with Gasteiger partial charge in [0.1, 0.15) is 0 Å². The molecule has 0 bridgehead atoms. The van der Waals surface area contributed by atoms with Crippen LogP contribution >= 0.6 is 11.8 Å². The quantitative estimate of drug-likeness (QED) is 0.736. The van der Waals surface area contributed by atoms with Crippen molar-refractivity contribution in [2.75, 3.05) is 31.6 Å². The van der Waals surface area contributed by atoms with Crippen LogP contribution in [-0.4, -0.2) is 48.6 Å². The Morgan fingerprint density at radius 2 is 2.23 bits per heavy atom. The van der Waals surface area contributed by atoms with Crippen molar-refractivity contribution in [3.8, 4) is 0 Å². The molecule has 2 nitrogen and oxygen atoms in total. The zero-order valence-corrected chi connectivity index (χ0v) is 9.28. The molecule has 0 amide bonds. The van der Waals surface area contributed by atoms with E-state index in [1.54, 1.807) is 0 Å². The van der Waals surface area contributed by atoms with Gasteiger partial charge in [-0.2, -0.15) is 11.8 Å². The van der Waals surface area contributed by atoms with E-state index in [4.69, 9.17) is 0 Å². The maximum Gasteiger partial charge on any atom is 0.0274 e. The van der Waals surface area contributed by atoms with Gasteiger partial charge in [0.15, 0.2) is 0 Å². The largest absolute Gasteiger partial charge is 0.313 e. The van der Waals surface area contributed by atoms with E-state index in [0.29, 0.717) is 0 Å². The van der Waals surface area contributed by atoms with Crippen LogP contribution < -0.4 is 5.32 Å². The van der Waals surface area contributed by atoms with E-state index < -0.39 is 0 Å². The fourth-order valence-corrected chi connectivity index (χ4v) is 3.01. The van der Waals surface area contributed by atoms with Crippen LogP contribution in [-0.2, 0) is 0 Å². The summed E-state index contributed by atoms with van der Waals surface area (Å²) < 4.78 is 0. The molecule has 1 unspecified atom stereocenters.